The van der Waals surface area contributed by atoms with Crippen LogP contribution in [0.4, 0.5) is 8.78 Å². The molecule has 1 aromatic carbocycles. The number of halogens is 3. The van der Waals surface area contributed by atoms with Crippen LogP contribution in [0, 0.1) is 18.6 Å². The van der Waals surface area contributed by atoms with Crippen molar-refractivity contribution in [1.82, 2.24) is 9.78 Å². The van der Waals surface area contributed by atoms with Gasteiger partial charge < -0.3 is 5.73 Å². The molecule has 2 rings (SSSR count). The number of nitrogens with two attached hydrogens (primary N) is 1. The summed E-state index contributed by atoms with van der Waals surface area (Å²) < 4.78 is 28.2. The van der Waals surface area contributed by atoms with E-state index in [4.69, 9.17) is 17.3 Å². The average molecular weight is 314 g/mol. The van der Waals surface area contributed by atoms with Crippen LogP contribution in [0.3, 0.4) is 0 Å². The highest BCUT2D eigenvalue weighted by molar-refractivity contribution is 6.31. The minimum absolute atomic E-state index is 0.287. The second-order valence-electron chi connectivity index (χ2n) is 5.11. The van der Waals surface area contributed by atoms with Crippen LogP contribution in [0.2, 0.25) is 5.02 Å². The van der Waals surface area contributed by atoms with E-state index in [0.717, 1.165) is 17.5 Å². The van der Waals surface area contributed by atoms with Gasteiger partial charge in [-0.2, -0.15) is 5.10 Å². The molecule has 0 amide bonds. The number of nitrogens with zero attached hydrogens (tertiary/aromatic N) is 2. The number of benzene rings is 1. The van der Waals surface area contributed by atoms with Gasteiger partial charge in [0.2, 0.25) is 0 Å². The molecule has 1 unspecified atom stereocenters. The molecule has 0 radical (unpaired) electrons. The van der Waals surface area contributed by atoms with E-state index in [2.05, 4.69) is 5.10 Å². The molecule has 0 aliphatic heterocycles. The van der Waals surface area contributed by atoms with Gasteiger partial charge in [0.05, 0.1) is 16.4 Å². The zero-order chi connectivity index (χ0) is 15.6. The zero-order valence-electron chi connectivity index (χ0n) is 12.0. The Kier molecular flexibility index (Phi) is 4.96. The number of aromatic nitrogens is 2. The summed E-state index contributed by atoms with van der Waals surface area (Å²) in [7, 11) is 0. The Hall–Kier alpha value is -1.46. The largest absolute Gasteiger partial charge is 0.327 e. The smallest absolute Gasteiger partial charge is 0.126 e. The van der Waals surface area contributed by atoms with Gasteiger partial charge in [0.25, 0.3) is 0 Å². The topological polar surface area (TPSA) is 43.8 Å². The van der Waals surface area contributed by atoms with Crippen LogP contribution < -0.4 is 5.73 Å². The first-order valence-electron chi connectivity index (χ1n) is 6.83. The highest BCUT2D eigenvalue weighted by atomic mass is 35.5. The normalized spacial score (nSPS) is 12.7. The molecular formula is C15H18ClF2N3. The number of aryl methyl sites for hydroxylation is 2. The van der Waals surface area contributed by atoms with Crippen molar-refractivity contribution in [2.45, 2.75) is 39.3 Å². The summed E-state index contributed by atoms with van der Waals surface area (Å²) in [5.74, 6) is -1.19. The highest BCUT2D eigenvalue weighted by Gasteiger charge is 2.16. The van der Waals surface area contributed by atoms with Crippen LogP contribution in [0.1, 0.15) is 23.9 Å². The molecule has 6 heteroatoms. The van der Waals surface area contributed by atoms with Gasteiger partial charge in [0, 0.05) is 25.1 Å². The molecule has 3 nitrogen and oxygen atoms in total. The lowest BCUT2D eigenvalue weighted by atomic mass is 10.0. The Labute approximate surface area is 127 Å². The molecule has 0 bridgehead atoms. The Bertz CT molecular complexity index is 620. The molecule has 0 aliphatic rings. The lowest BCUT2D eigenvalue weighted by Gasteiger charge is -2.13. The lowest BCUT2D eigenvalue weighted by Crippen LogP contribution is -2.27. The molecule has 0 spiro atoms. The van der Waals surface area contributed by atoms with Crippen LogP contribution in [0.5, 0.6) is 0 Å². The van der Waals surface area contributed by atoms with Gasteiger partial charge in [-0.15, -0.1) is 0 Å². The van der Waals surface area contributed by atoms with Crippen molar-refractivity contribution in [3.8, 4) is 0 Å². The third kappa shape index (κ3) is 3.80. The first-order chi connectivity index (χ1) is 9.90. The van der Waals surface area contributed by atoms with Gasteiger partial charge in [0.1, 0.15) is 11.6 Å². The predicted octanol–water partition coefficient (Wildman–Crippen LogP) is 3.26. The molecular weight excluding hydrogens is 296 g/mol. The molecule has 2 N–H and O–H groups in total. The lowest BCUT2D eigenvalue weighted by molar-refractivity contribution is 0.561. The van der Waals surface area contributed by atoms with Gasteiger partial charge >= 0.3 is 0 Å². The summed E-state index contributed by atoms with van der Waals surface area (Å²) in [6.45, 7) is 4.51. The van der Waals surface area contributed by atoms with Gasteiger partial charge in [-0.05, 0) is 38.0 Å². The molecule has 21 heavy (non-hydrogen) atoms. The van der Waals surface area contributed by atoms with E-state index in [1.54, 1.807) is 0 Å². The van der Waals surface area contributed by atoms with Gasteiger partial charge in [-0.1, -0.05) is 11.6 Å². The number of hydrogen-bond donors (Lipinski definition) is 1. The molecule has 0 aliphatic carbocycles. The monoisotopic (exact) mass is 313 g/mol. The maximum absolute atomic E-state index is 13.2. The second-order valence-corrected chi connectivity index (χ2v) is 5.49. The Morgan fingerprint density at radius 1 is 1.24 bits per heavy atom. The van der Waals surface area contributed by atoms with Gasteiger partial charge in [-0.3, -0.25) is 4.68 Å². The summed E-state index contributed by atoms with van der Waals surface area (Å²) in [5, 5.41) is 4.94. The maximum atomic E-state index is 13.2. The fourth-order valence-corrected chi connectivity index (χ4v) is 2.63. The molecule has 0 fully saturated rings. The van der Waals surface area contributed by atoms with E-state index in [1.165, 1.54) is 12.1 Å². The molecule has 0 saturated carbocycles. The molecule has 1 atom stereocenters. The maximum Gasteiger partial charge on any atom is 0.126 e. The Morgan fingerprint density at radius 2 is 1.86 bits per heavy atom. The summed E-state index contributed by atoms with van der Waals surface area (Å²) in [5.41, 5.74) is 8.26. The minimum atomic E-state index is -0.593. The first kappa shape index (κ1) is 15.9. The van der Waals surface area contributed by atoms with E-state index in [0.29, 0.717) is 30.0 Å². The standard InChI is InChI=1S/C15H18ClF2N3/c1-3-21-14(15(16)9(2)20-21)8-13(19)6-10-4-11(17)7-12(18)5-10/h4-5,7,13H,3,6,8,19H2,1-2H3. The van der Waals surface area contributed by atoms with Crippen LogP contribution >= 0.6 is 11.6 Å². The Morgan fingerprint density at radius 3 is 2.43 bits per heavy atom. The van der Waals surface area contributed by atoms with Crippen molar-refractivity contribution in [3.63, 3.8) is 0 Å². The third-order valence-electron chi connectivity index (χ3n) is 3.33. The molecule has 0 saturated heterocycles. The van der Waals surface area contributed by atoms with E-state index in [-0.39, 0.29) is 6.04 Å². The second kappa shape index (κ2) is 6.54. The number of rotatable bonds is 5. The molecule has 114 valence electrons. The summed E-state index contributed by atoms with van der Waals surface area (Å²) >= 11 is 6.23. The average Bonchev–Trinajstić information content (AvgIpc) is 2.65. The quantitative estimate of drug-likeness (QED) is 0.921. The van der Waals surface area contributed by atoms with E-state index >= 15 is 0 Å². The van der Waals surface area contributed by atoms with Crippen molar-refractivity contribution in [1.29, 1.82) is 0 Å². The van der Waals surface area contributed by atoms with Crippen LogP contribution in [-0.4, -0.2) is 15.8 Å². The van der Waals surface area contributed by atoms with Gasteiger partial charge in [-0.25, -0.2) is 8.78 Å². The summed E-state index contributed by atoms with van der Waals surface area (Å²) in [4.78, 5) is 0. The van der Waals surface area contributed by atoms with Crippen LogP contribution in [-0.2, 0) is 19.4 Å². The number of hydrogen-bond acceptors (Lipinski definition) is 2. The van der Waals surface area contributed by atoms with Crippen molar-refractivity contribution in [2.75, 3.05) is 0 Å². The fraction of sp³-hybridized carbons (Fsp3) is 0.400. The fourth-order valence-electron chi connectivity index (χ4n) is 2.42. The molecule has 1 heterocycles. The highest BCUT2D eigenvalue weighted by Crippen LogP contribution is 2.22. The van der Waals surface area contributed by atoms with Crippen molar-refractivity contribution in [3.05, 3.63) is 51.8 Å². The molecule has 2 aromatic rings. The van der Waals surface area contributed by atoms with E-state index in [9.17, 15) is 8.78 Å². The van der Waals surface area contributed by atoms with Crippen molar-refractivity contribution in [2.24, 2.45) is 5.73 Å². The van der Waals surface area contributed by atoms with E-state index < -0.39 is 11.6 Å². The predicted molar refractivity (Wildman–Crippen MR) is 79.4 cm³/mol. The molecule has 1 aromatic heterocycles. The van der Waals surface area contributed by atoms with Crippen LogP contribution in [0.15, 0.2) is 18.2 Å². The van der Waals surface area contributed by atoms with Crippen LogP contribution in [0.25, 0.3) is 0 Å². The van der Waals surface area contributed by atoms with Gasteiger partial charge in [0.15, 0.2) is 0 Å². The van der Waals surface area contributed by atoms with Crippen molar-refractivity contribution < 1.29 is 8.78 Å². The first-order valence-corrected chi connectivity index (χ1v) is 7.20. The Balaban J connectivity index is 2.13. The SMILES string of the molecule is CCn1nc(C)c(Cl)c1CC(N)Cc1cc(F)cc(F)c1. The third-order valence-corrected chi connectivity index (χ3v) is 3.82. The van der Waals surface area contributed by atoms with E-state index in [1.807, 2.05) is 18.5 Å². The zero-order valence-corrected chi connectivity index (χ0v) is 12.8. The van der Waals surface area contributed by atoms with Crippen molar-refractivity contribution >= 4 is 11.6 Å². The summed E-state index contributed by atoms with van der Waals surface area (Å²) in [6, 6.07) is 3.16. The summed E-state index contributed by atoms with van der Waals surface area (Å²) in [6.07, 6.45) is 0.880. The minimum Gasteiger partial charge on any atom is -0.327 e.